The van der Waals surface area contributed by atoms with Crippen LogP contribution in [0.2, 0.25) is 0 Å². The van der Waals surface area contributed by atoms with Gasteiger partial charge in [-0.2, -0.15) is 0 Å². The zero-order chi connectivity index (χ0) is 12.3. The summed E-state index contributed by atoms with van der Waals surface area (Å²) in [6.45, 7) is 3.46. The third-order valence-corrected chi connectivity index (χ3v) is 2.98. The molecule has 0 amide bonds. The molecule has 0 aliphatic rings. The van der Waals surface area contributed by atoms with E-state index in [1.165, 1.54) is 11.5 Å². The van der Waals surface area contributed by atoms with Crippen molar-refractivity contribution >= 4 is 16.5 Å². The Kier molecular flexibility index (Phi) is 3.65. The van der Waals surface area contributed by atoms with E-state index in [9.17, 15) is 0 Å². The summed E-state index contributed by atoms with van der Waals surface area (Å²) in [5.74, 6) is 0. The molecule has 0 aliphatic heterocycles. The molecule has 0 unspecified atom stereocenters. The zero-order valence-electron chi connectivity index (χ0n) is 9.92. The van der Waals surface area contributed by atoms with E-state index < -0.39 is 0 Å². The number of hydrogen-bond acceptors (Lipinski definition) is 6. The van der Waals surface area contributed by atoms with E-state index >= 15 is 0 Å². The van der Waals surface area contributed by atoms with Gasteiger partial charge < -0.3 is 5.73 Å². The first kappa shape index (κ1) is 11.9. The van der Waals surface area contributed by atoms with Gasteiger partial charge in [0.15, 0.2) is 0 Å². The fraction of sp³-hybridized carbons (Fsp3) is 0.364. The Morgan fingerprint density at radius 3 is 2.82 bits per heavy atom. The first-order valence-corrected chi connectivity index (χ1v) is 6.10. The number of aryl methyl sites for hydroxylation is 1. The molecule has 0 atom stereocenters. The van der Waals surface area contributed by atoms with Crippen molar-refractivity contribution in [3.8, 4) is 0 Å². The highest BCUT2D eigenvalue weighted by molar-refractivity contribution is 7.09. The van der Waals surface area contributed by atoms with Gasteiger partial charge in [0.25, 0.3) is 0 Å². The summed E-state index contributed by atoms with van der Waals surface area (Å²) in [4.78, 5) is 6.58. The number of nitrogens with two attached hydrogens (primary N) is 1. The van der Waals surface area contributed by atoms with Crippen LogP contribution in [0.15, 0.2) is 18.2 Å². The molecule has 2 heterocycles. The molecule has 0 saturated heterocycles. The van der Waals surface area contributed by atoms with Gasteiger partial charge in [-0.05, 0) is 26.1 Å². The predicted molar refractivity (Wildman–Crippen MR) is 68.5 cm³/mol. The quantitative estimate of drug-likeness (QED) is 0.888. The van der Waals surface area contributed by atoms with E-state index in [4.69, 9.17) is 5.73 Å². The Hall–Kier alpha value is -1.53. The first-order chi connectivity index (χ1) is 8.15. The van der Waals surface area contributed by atoms with Crippen molar-refractivity contribution in [3.63, 3.8) is 0 Å². The number of aromatic nitrogens is 3. The van der Waals surface area contributed by atoms with Crippen molar-refractivity contribution in [2.24, 2.45) is 0 Å². The third kappa shape index (κ3) is 3.21. The van der Waals surface area contributed by atoms with Gasteiger partial charge in [-0.15, -0.1) is 5.10 Å². The standard InChI is InChI=1S/C11H15N5S/c1-8-4-3-5-9(13-8)6-16(2)7-10-11(12)17-15-14-10/h3-5H,6-7,12H2,1-2H3. The van der Waals surface area contributed by atoms with Gasteiger partial charge in [0, 0.05) is 30.3 Å². The molecule has 0 spiro atoms. The van der Waals surface area contributed by atoms with Crippen molar-refractivity contribution in [3.05, 3.63) is 35.3 Å². The molecule has 0 aliphatic carbocycles. The van der Waals surface area contributed by atoms with Crippen LogP contribution in [0.5, 0.6) is 0 Å². The summed E-state index contributed by atoms with van der Waals surface area (Å²) in [6, 6.07) is 6.03. The number of anilines is 1. The molecule has 6 heteroatoms. The molecule has 17 heavy (non-hydrogen) atoms. The summed E-state index contributed by atoms with van der Waals surface area (Å²) < 4.78 is 3.82. The Morgan fingerprint density at radius 1 is 1.35 bits per heavy atom. The lowest BCUT2D eigenvalue weighted by atomic mass is 10.3. The molecule has 0 aromatic carbocycles. The monoisotopic (exact) mass is 249 g/mol. The van der Waals surface area contributed by atoms with Crippen LogP contribution in [0, 0.1) is 6.92 Å². The summed E-state index contributed by atoms with van der Waals surface area (Å²) in [5.41, 5.74) is 8.68. The van der Waals surface area contributed by atoms with Crippen LogP contribution in [0.1, 0.15) is 17.1 Å². The van der Waals surface area contributed by atoms with Crippen molar-refractivity contribution in [1.29, 1.82) is 0 Å². The van der Waals surface area contributed by atoms with Crippen molar-refractivity contribution in [2.45, 2.75) is 20.0 Å². The smallest absolute Gasteiger partial charge is 0.132 e. The van der Waals surface area contributed by atoms with Gasteiger partial charge in [-0.25, -0.2) is 0 Å². The SMILES string of the molecule is Cc1cccc(CN(C)Cc2nnsc2N)n1. The normalized spacial score (nSPS) is 11.0. The van der Waals surface area contributed by atoms with Crippen LogP contribution in [-0.2, 0) is 13.1 Å². The van der Waals surface area contributed by atoms with Crippen molar-refractivity contribution in [2.75, 3.05) is 12.8 Å². The molecule has 0 bridgehead atoms. The molecule has 2 rings (SSSR count). The molecular formula is C11H15N5S. The second-order valence-electron chi connectivity index (χ2n) is 4.03. The molecule has 2 N–H and O–H groups in total. The van der Waals surface area contributed by atoms with Gasteiger partial charge in [0.05, 0.1) is 5.69 Å². The van der Waals surface area contributed by atoms with Crippen molar-refractivity contribution < 1.29 is 0 Å². The molecule has 2 aromatic rings. The molecule has 5 nitrogen and oxygen atoms in total. The summed E-state index contributed by atoms with van der Waals surface area (Å²) in [5, 5.41) is 4.69. The van der Waals surface area contributed by atoms with Gasteiger partial charge in [-0.3, -0.25) is 9.88 Å². The highest BCUT2D eigenvalue weighted by atomic mass is 32.1. The van der Waals surface area contributed by atoms with Crippen LogP contribution in [0.3, 0.4) is 0 Å². The second kappa shape index (κ2) is 5.20. The lowest BCUT2D eigenvalue weighted by Crippen LogP contribution is -2.19. The minimum Gasteiger partial charge on any atom is -0.388 e. The lowest BCUT2D eigenvalue weighted by Gasteiger charge is -2.14. The fourth-order valence-corrected chi connectivity index (χ4v) is 2.04. The summed E-state index contributed by atoms with van der Waals surface area (Å²) in [6.07, 6.45) is 0. The highest BCUT2D eigenvalue weighted by Gasteiger charge is 2.08. The van der Waals surface area contributed by atoms with E-state index in [1.54, 1.807) is 0 Å². The van der Waals surface area contributed by atoms with Crippen LogP contribution in [-0.4, -0.2) is 26.5 Å². The number of pyridine rings is 1. The molecule has 0 fully saturated rings. The highest BCUT2D eigenvalue weighted by Crippen LogP contribution is 2.14. The minimum absolute atomic E-state index is 0.689. The van der Waals surface area contributed by atoms with Crippen LogP contribution < -0.4 is 5.73 Å². The van der Waals surface area contributed by atoms with E-state index in [0.717, 1.165) is 23.6 Å². The molecule has 90 valence electrons. The van der Waals surface area contributed by atoms with E-state index in [2.05, 4.69) is 19.5 Å². The van der Waals surface area contributed by atoms with Crippen molar-refractivity contribution in [1.82, 2.24) is 19.5 Å². The summed E-state index contributed by atoms with van der Waals surface area (Å²) >= 11 is 1.23. The van der Waals surface area contributed by atoms with Crippen LogP contribution >= 0.6 is 11.5 Å². The lowest BCUT2D eigenvalue weighted by molar-refractivity contribution is 0.311. The second-order valence-corrected chi connectivity index (χ2v) is 4.81. The van der Waals surface area contributed by atoms with Gasteiger partial charge >= 0.3 is 0 Å². The van der Waals surface area contributed by atoms with E-state index in [-0.39, 0.29) is 0 Å². The largest absolute Gasteiger partial charge is 0.388 e. The Bertz CT molecular complexity index is 496. The number of nitrogen functional groups attached to an aromatic ring is 1. The zero-order valence-corrected chi connectivity index (χ0v) is 10.7. The topological polar surface area (TPSA) is 67.9 Å². The molecule has 0 radical (unpaired) electrons. The van der Waals surface area contributed by atoms with Gasteiger partial charge in [0.1, 0.15) is 10.7 Å². The Morgan fingerprint density at radius 2 is 2.18 bits per heavy atom. The fourth-order valence-electron chi connectivity index (χ4n) is 1.60. The average Bonchev–Trinajstić information content (AvgIpc) is 2.64. The molecule has 0 saturated carbocycles. The molecular weight excluding hydrogens is 234 g/mol. The number of nitrogens with zero attached hydrogens (tertiary/aromatic N) is 4. The van der Waals surface area contributed by atoms with E-state index in [0.29, 0.717) is 11.5 Å². The average molecular weight is 249 g/mol. The Labute approximate surface area is 104 Å². The summed E-state index contributed by atoms with van der Waals surface area (Å²) in [7, 11) is 2.02. The maximum atomic E-state index is 5.76. The number of hydrogen-bond donors (Lipinski definition) is 1. The maximum Gasteiger partial charge on any atom is 0.132 e. The van der Waals surface area contributed by atoms with Gasteiger partial charge in [-0.1, -0.05) is 10.6 Å². The predicted octanol–water partition coefficient (Wildman–Crippen LogP) is 1.46. The van der Waals surface area contributed by atoms with Crippen LogP contribution in [0.25, 0.3) is 0 Å². The van der Waals surface area contributed by atoms with Crippen LogP contribution in [0.4, 0.5) is 5.00 Å². The first-order valence-electron chi connectivity index (χ1n) is 5.33. The third-order valence-electron chi connectivity index (χ3n) is 2.38. The van der Waals surface area contributed by atoms with Gasteiger partial charge in [0.2, 0.25) is 0 Å². The van der Waals surface area contributed by atoms with E-state index in [1.807, 2.05) is 32.2 Å². The molecule has 2 aromatic heterocycles. The minimum atomic E-state index is 0.689. The number of rotatable bonds is 4. The Balaban J connectivity index is 1.98. The maximum absolute atomic E-state index is 5.76.